The average molecular weight is 728 g/mol. The van der Waals surface area contributed by atoms with Gasteiger partial charge in [-0.3, -0.25) is 9.69 Å². The molecule has 0 atom stereocenters. The van der Waals surface area contributed by atoms with Gasteiger partial charge in [-0.05, 0) is 124 Å². The Morgan fingerprint density at radius 2 is 1.83 bits per heavy atom. The van der Waals surface area contributed by atoms with Crippen molar-refractivity contribution in [2.24, 2.45) is 4.99 Å². The summed E-state index contributed by atoms with van der Waals surface area (Å²) in [7, 11) is 0. The van der Waals surface area contributed by atoms with E-state index < -0.39 is 5.97 Å². The summed E-state index contributed by atoms with van der Waals surface area (Å²) in [6, 6.07) is 16.4. The van der Waals surface area contributed by atoms with Crippen LogP contribution in [0.3, 0.4) is 0 Å². The lowest BCUT2D eigenvalue weighted by Crippen LogP contribution is -2.28. The molecule has 0 aliphatic carbocycles. The number of rotatable bonds is 7. The van der Waals surface area contributed by atoms with E-state index in [1.807, 2.05) is 25.1 Å². The number of ether oxygens (including phenoxy) is 1. The van der Waals surface area contributed by atoms with Crippen molar-refractivity contribution >= 4 is 85.8 Å². The number of nitrogens with zero attached hydrogens (tertiary/aromatic N) is 2. The molecule has 0 saturated carbocycles. The average Bonchev–Trinajstić information content (AvgIpc) is 3.13. The predicted octanol–water partition coefficient (Wildman–Crippen LogP) is 6.94. The molecule has 4 rings (SSSR count). The summed E-state index contributed by atoms with van der Waals surface area (Å²) in [5, 5.41) is 9.73. The molecule has 3 aromatic rings. The quantitative estimate of drug-likeness (QED) is 0.211. The third-order valence-electron chi connectivity index (χ3n) is 5.14. The van der Waals surface area contributed by atoms with Crippen LogP contribution in [0.1, 0.15) is 28.4 Å². The van der Waals surface area contributed by atoms with Crippen LogP contribution in [0.5, 0.6) is 5.75 Å². The molecule has 0 radical (unpaired) electrons. The fraction of sp³-hybridized carbons (Fsp3) is 0.115. The van der Waals surface area contributed by atoms with Gasteiger partial charge in [0.25, 0.3) is 5.91 Å². The molecule has 1 aliphatic rings. The first-order valence-corrected chi connectivity index (χ1v) is 13.7. The largest absolute Gasteiger partial charge is 0.487 e. The van der Waals surface area contributed by atoms with Crippen molar-refractivity contribution in [2.45, 2.75) is 13.5 Å². The number of hydrogen-bond donors (Lipinski definition) is 1. The Morgan fingerprint density at radius 3 is 2.47 bits per heavy atom. The van der Waals surface area contributed by atoms with Gasteiger partial charge >= 0.3 is 5.97 Å². The van der Waals surface area contributed by atoms with Gasteiger partial charge in [0.15, 0.2) is 5.17 Å². The van der Waals surface area contributed by atoms with Crippen LogP contribution in [0.15, 0.2) is 70.6 Å². The van der Waals surface area contributed by atoms with Gasteiger partial charge in [-0.1, -0.05) is 18.2 Å². The number of amidine groups is 1. The monoisotopic (exact) mass is 728 g/mol. The van der Waals surface area contributed by atoms with E-state index in [0.29, 0.717) is 28.9 Å². The number of carboxylic acids is 1. The summed E-state index contributed by atoms with van der Waals surface area (Å²) in [5.74, 6) is -0.751. The fourth-order valence-corrected chi connectivity index (χ4v) is 6.57. The number of hydrogen-bond acceptors (Lipinski definition) is 5. The molecule has 1 N–H and O–H groups in total. The Morgan fingerprint density at radius 1 is 1.14 bits per heavy atom. The van der Waals surface area contributed by atoms with Crippen LogP contribution >= 0.6 is 56.9 Å². The Balaban J connectivity index is 1.56. The maximum Gasteiger partial charge on any atom is 0.335 e. The molecule has 1 heterocycles. The van der Waals surface area contributed by atoms with Gasteiger partial charge in [-0.15, -0.1) is 0 Å². The molecule has 1 aliphatic heterocycles. The topological polar surface area (TPSA) is 79.2 Å². The second-order valence-corrected chi connectivity index (χ2v) is 11.0. The first kappa shape index (κ1) is 26.6. The van der Waals surface area contributed by atoms with Gasteiger partial charge in [0.2, 0.25) is 0 Å². The molecular formula is C26H19FI2N2O4S. The van der Waals surface area contributed by atoms with Crippen LogP contribution in [0.25, 0.3) is 6.08 Å². The lowest BCUT2D eigenvalue weighted by atomic mass is 10.2. The third-order valence-corrected chi connectivity index (χ3v) is 7.75. The minimum atomic E-state index is -1.03. The molecule has 184 valence electrons. The second kappa shape index (κ2) is 11.7. The van der Waals surface area contributed by atoms with Crippen molar-refractivity contribution in [3.63, 3.8) is 0 Å². The second-order valence-electron chi connectivity index (χ2n) is 7.64. The van der Waals surface area contributed by atoms with E-state index in [1.54, 1.807) is 29.2 Å². The summed E-state index contributed by atoms with van der Waals surface area (Å²) >= 11 is 5.65. The summed E-state index contributed by atoms with van der Waals surface area (Å²) in [6.07, 6.45) is 1.82. The molecular weight excluding hydrogens is 709 g/mol. The van der Waals surface area contributed by atoms with E-state index in [4.69, 9.17) is 4.74 Å². The van der Waals surface area contributed by atoms with Crippen LogP contribution in [-0.2, 0) is 11.4 Å². The highest BCUT2D eigenvalue weighted by atomic mass is 127. The lowest BCUT2D eigenvalue weighted by molar-refractivity contribution is -0.122. The molecule has 6 nitrogen and oxygen atoms in total. The van der Waals surface area contributed by atoms with Gasteiger partial charge in [0.05, 0.1) is 23.3 Å². The third kappa shape index (κ3) is 6.27. The zero-order valence-electron chi connectivity index (χ0n) is 18.9. The molecule has 1 fully saturated rings. The van der Waals surface area contributed by atoms with Gasteiger partial charge in [-0.2, -0.15) is 0 Å². The minimum absolute atomic E-state index is 0.135. The van der Waals surface area contributed by atoms with Crippen molar-refractivity contribution in [2.75, 3.05) is 6.54 Å². The van der Waals surface area contributed by atoms with Crippen LogP contribution in [0, 0.1) is 13.0 Å². The van der Waals surface area contributed by atoms with Crippen molar-refractivity contribution in [3.8, 4) is 5.75 Å². The predicted molar refractivity (Wildman–Crippen MR) is 156 cm³/mol. The number of benzene rings is 3. The SMILES string of the molecule is CCN1C(=O)C(=Cc2cc(I)c(OCc3ccc(F)cc3)c(I)c2)SC1=Nc1cccc(C(=O)O)c1. The van der Waals surface area contributed by atoms with Gasteiger partial charge in [0, 0.05) is 6.54 Å². The van der Waals surface area contributed by atoms with E-state index in [1.165, 1.54) is 36.0 Å². The first-order valence-electron chi connectivity index (χ1n) is 10.7. The number of aromatic carboxylic acids is 1. The molecule has 3 aromatic carbocycles. The Labute approximate surface area is 238 Å². The number of likely N-dealkylation sites (N-methyl/N-ethyl adjacent to an activating group) is 1. The van der Waals surface area contributed by atoms with Crippen LogP contribution in [0.4, 0.5) is 10.1 Å². The van der Waals surface area contributed by atoms with E-state index >= 15 is 0 Å². The maximum atomic E-state index is 13.1. The standard InChI is InChI=1S/C26H19FI2N2O4S/c1-2-31-24(32)22(36-26(31)30-19-5-3-4-17(13-19)25(33)34)12-16-10-20(28)23(21(29)11-16)35-14-15-6-8-18(27)9-7-15/h3-13H,2,14H2,1H3,(H,33,34). The highest BCUT2D eigenvalue weighted by Crippen LogP contribution is 2.36. The molecule has 1 saturated heterocycles. The number of carboxylic acid groups (broad SMARTS) is 1. The van der Waals surface area contributed by atoms with E-state index in [-0.39, 0.29) is 17.3 Å². The number of carbonyl (C=O) groups excluding carboxylic acids is 1. The van der Waals surface area contributed by atoms with E-state index in [9.17, 15) is 19.1 Å². The Hall–Kier alpha value is -2.45. The first-order chi connectivity index (χ1) is 17.2. The summed E-state index contributed by atoms with van der Waals surface area (Å²) in [6.45, 7) is 2.62. The van der Waals surface area contributed by atoms with Gasteiger partial charge < -0.3 is 9.84 Å². The zero-order chi connectivity index (χ0) is 25.8. The molecule has 10 heteroatoms. The molecule has 0 bridgehead atoms. The van der Waals surface area contributed by atoms with Crippen LogP contribution < -0.4 is 4.74 Å². The highest BCUT2D eigenvalue weighted by Gasteiger charge is 2.32. The molecule has 1 amide bonds. The van der Waals surface area contributed by atoms with Gasteiger partial charge in [-0.25, -0.2) is 14.2 Å². The Kier molecular flexibility index (Phi) is 8.67. The smallest absolute Gasteiger partial charge is 0.335 e. The Bertz CT molecular complexity index is 1370. The number of amides is 1. The number of aliphatic imine (C=N–C) groups is 1. The molecule has 36 heavy (non-hydrogen) atoms. The van der Waals surface area contributed by atoms with Crippen molar-refractivity contribution < 1.29 is 23.8 Å². The maximum absolute atomic E-state index is 13.1. The molecule has 0 aromatic heterocycles. The number of thioether (sulfide) groups is 1. The van der Waals surface area contributed by atoms with Crippen molar-refractivity contribution in [1.29, 1.82) is 0 Å². The van der Waals surface area contributed by atoms with Crippen molar-refractivity contribution in [1.82, 2.24) is 4.90 Å². The highest BCUT2D eigenvalue weighted by molar-refractivity contribution is 14.1. The fourth-order valence-electron chi connectivity index (χ4n) is 3.38. The van der Waals surface area contributed by atoms with E-state index in [2.05, 4.69) is 50.2 Å². The van der Waals surface area contributed by atoms with Crippen LogP contribution in [0.2, 0.25) is 0 Å². The summed E-state index contributed by atoms with van der Waals surface area (Å²) in [5.41, 5.74) is 2.31. The lowest BCUT2D eigenvalue weighted by Gasteiger charge is -2.12. The number of halogens is 3. The summed E-state index contributed by atoms with van der Waals surface area (Å²) < 4.78 is 20.9. The molecule has 0 spiro atoms. The van der Waals surface area contributed by atoms with E-state index in [0.717, 1.165) is 24.0 Å². The van der Waals surface area contributed by atoms with Gasteiger partial charge in [0.1, 0.15) is 18.2 Å². The minimum Gasteiger partial charge on any atom is -0.487 e. The summed E-state index contributed by atoms with van der Waals surface area (Å²) in [4.78, 5) is 30.9. The van der Waals surface area contributed by atoms with Crippen LogP contribution in [-0.4, -0.2) is 33.6 Å². The molecule has 0 unspecified atom stereocenters. The normalized spacial score (nSPS) is 15.7. The number of carbonyl (C=O) groups is 2. The zero-order valence-corrected chi connectivity index (χ0v) is 24.0. The van der Waals surface area contributed by atoms with Crippen molar-refractivity contribution in [3.05, 3.63) is 95.2 Å².